The van der Waals surface area contributed by atoms with Gasteiger partial charge >= 0.3 is 0 Å². The standard InChI is InChI=1S/C13H22N2O2S/c1-12(13-6-4-3-5-7-13)8-9-14-10-11-15-18(2,16)17/h3-7,12,14-15H,8-11H2,1-2H3. The second kappa shape index (κ2) is 7.51. The molecule has 1 atom stereocenters. The average molecular weight is 270 g/mol. The van der Waals surface area contributed by atoms with Crippen molar-refractivity contribution >= 4 is 10.0 Å². The molecule has 0 heterocycles. The van der Waals surface area contributed by atoms with Gasteiger partial charge in [0.1, 0.15) is 0 Å². The highest BCUT2D eigenvalue weighted by Crippen LogP contribution is 2.17. The molecule has 0 amide bonds. The van der Waals surface area contributed by atoms with Crippen LogP contribution in [0.15, 0.2) is 30.3 Å². The molecule has 0 bridgehead atoms. The third-order valence-corrected chi connectivity index (χ3v) is 3.52. The molecule has 1 unspecified atom stereocenters. The fraction of sp³-hybridized carbons (Fsp3) is 0.538. The predicted molar refractivity (Wildman–Crippen MR) is 75.2 cm³/mol. The molecule has 0 aliphatic rings. The number of rotatable bonds is 8. The van der Waals surface area contributed by atoms with Gasteiger partial charge in [-0.3, -0.25) is 0 Å². The Hall–Kier alpha value is -0.910. The van der Waals surface area contributed by atoms with Crippen LogP contribution in [0.25, 0.3) is 0 Å². The Kier molecular flexibility index (Phi) is 6.32. The van der Waals surface area contributed by atoms with Crippen LogP contribution >= 0.6 is 0 Å². The molecule has 102 valence electrons. The quantitative estimate of drug-likeness (QED) is 0.700. The van der Waals surface area contributed by atoms with Crippen LogP contribution in [0.2, 0.25) is 0 Å². The minimum absolute atomic E-state index is 0.443. The minimum atomic E-state index is -3.06. The van der Waals surface area contributed by atoms with Crippen molar-refractivity contribution in [1.29, 1.82) is 0 Å². The van der Waals surface area contributed by atoms with E-state index in [1.165, 1.54) is 11.8 Å². The van der Waals surface area contributed by atoms with Gasteiger partial charge in [-0.05, 0) is 24.4 Å². The van der Waals surface area contributed by atoms with Gasteiger partial charge in [-0.1, -0.05) is 37.3 Å². The first kappa shape index (κ1) is 15.1. The Labute approximate surface area is 110 Å². The summed E-state index contributed by atoms with van der Waals surface area (Å²) in [5, 5.41) is 3.23. The van der Waals surface area contributed by atoms with Gasteiger partial charge in [-0.15, -0.1) is 0 Å². The Bertz CT molecular complexity index is 432. The number of hydrogen-bond donors (Lipinski definition) is 2. The lowest BCUT2D eigenvalue weighted by Crippen LogP contribution is -2.31. The fourth-order valence-electron chi connectivity index (χ4n) is 1.72. The molecule has 0 saturated carbocycles. The summed E-state index contributed by atoms with van der Waals surface area (Å²) in [5.74, 6) is 0.515. The van der Waals surface area contributed by atoms with Crippen molar-refractivity contribution in [3.05, 3.63) is 35.9 Å². The van der Waals surface area contributed by atoms with E-state index in [0.29, 0.717) is 19.0 Å². The summed E-state index contributed by atoms with van der Waals surface area (Å²) >= 11 is 0. The van der Waals surface area contributed by atoms with Gasteiger partial charge in [0.15, 0.2) is 0 Å². The largest absolute Gasteiger partial charge is 0.315 e. The number of nitrogens with one attached hydrogen (secondary N) is 2. The van der Waals surface area contributed by atoms with Crippen molar-refractivity contribution in [2.75, 3.05) is 25.9 Å². The first-order valence-electron chi connectivity index (χ1n) is 6.19. The van der Waals surface area contributed by atoms with E-state index in [9.17, 15) is 8.42 Å². The number of hydrogen-bond acceptors (Lipinski definition) is 3. The molecule has 0 spiro atoms. The zero-order chi connectivity index (χ0) is 13.4. The smallest absolute Gasteiger partial charge is 0.208 e. The Balaban J connectivity index is 2.12. The molecule has 0 aliphatic carbocycles. The number of benzene rings is 1. The van der Waals surface area contributed by atoms with Crippen molar-refractivity contribution in [2.24, 2.45) is 0 Å². The van der Waals surface area contributed by atoms with Crippen LogP contribution in [-0.4, -0.2) is 34.3 Å². The summed E-state index contributed by atoms with van der Waals surface area (Å²) in [6.45, 7) is 4.19. The first-order valence-corrected chi connectivity index (χ1v) is 8.08. The third kappa shape index (κ3) is 6.74. The van der Waals surface area contributed by atoms with E-state index in [1.54, 1.807) is 0 Å². The highest BCUT2D eigenvalue weighted by Gasteiger charge is 2.04. The maximum absolute atomic E-state index is 10.8. The highest BCUT2D eigenvalue weighted by atomic mass is 32.2. The monoisotopic (exact) mass is 270 g/mol. The van der Waals surface area contributed by atoms with E-state index in [1.807, 2.05) is 6.07 Å². The van der Waals surface area contributed by atoms with Crippen molar-refractivity contribution in [3.8, 4) is 0 Å². The van der Waals surface area contributed by atoms with Crippen molar-refractivity contribution in [2.45, 2.75) is 19.3 Å². The maximum Gasteiger partial charge on any atom is 0.208 e. The molecule has 1 aromatic rings. The van der Waals surface area contributed by atoms with Gasteiger partial charge in [0.2, 0.25) is 10.0 Å². The fourth-order valence-corrected chi connectivity index (χ4v) is 2.19. The van der Waals surface area contributed by atoms with Gasteiger partial charge in [0.05, 0.1) is 6.26 Å². The summed E-state index contributed by atoms with van der Waals surface area (Å²) in [7, 11) is -3.06. The van der Waals surface area contributed by atoms with Crippen molar-refractivity contribution < 1.29 is 8.42 Å². The Morgan fingerprint density at radius 3 is 2.39 bits per heavy atom. The zero-order valence-electron chi connectivity index (χ0n) is 11.0. The van der Waals surface area contributed by atoms with Gasteiger partial charge in [-0.25, -0.2) is 13.1 Å². The molecule has 0 radical (unpaired) electrons. The van der Waals surface area contributed by atoms with E-state index in [2.05, 4.69) is 41.2 Å². The summed E-state index contributed by atoms with van der Waals surface area (Å²) in [6.07, 6.45) is 2.22. The van der Waals surface area contributed by atoms with E-state index >= 15 is 0 Å². The summed E-state index contributed by atoms with van der Waals surface area (Å²) in [6, 6.07) is 10.4. The molecule has 0 saturated heterocycles. The molecule has 2 N–H and O–H groups in total. The summed E-state index contributed by atoms with van der Waals surface area (Å²) in [4.78, 5) is 0. The molecular formula is C13H22N2O2S. The third-order valence-electron chi connectivity index (χ3n) is 2.79. The lowest BCUT2D eigenvalue weighted by atomic mass is 9.98. The van der Waals surface area contributed by atoms with Crippen LogP contribution in [0.5, 0.6) is 0 Å². The minimum Gasteiger partial charge on any atom is -0.315 e. The molecule has 0 aromatic heterocycles. The molecule has 4 nitrogen and oxygen atoms in total. The normalized spacial score (nSPS) is 13.4. The van der Waals surface area contributed by atoms with Crippen LogP contribution in [0.3, 0.4) is 0 Å². The Morgan fingerprint density at radius 2 is 1.78 bits per heavy atom. The Morgan fingerprint density at radius 1 is 1.11 bits per heavy atom. The van der Waals surface area contributed by atoms with Gasteiger partial charge in [0, 0.05) is 13.1 Å². The first-order chi connectivity index (χ1) is 8.49. The maximum atomic E-state index is 10.8. The van der Waals surface area contributed by atoms with Crippen molar-refractivity contribution in [3.63, 3.8) is 0 Å². The van der Waals surface area contributed by atoms with E-state index in [0.717, 1.165) is 13.0 Å². The number of sulfonamides is 1. The molecule has 0 fully saturated rings. The van der Waals surface area contributed by atoms with Crippen LogP contribution in [0.4, 0.5) is 0 Å². The molecule has 5 heteroatoms. The highest BCUT2D eigenvalue weighted by molar-refractivity contribution is 7.88. The van der Waals surface area contributed by atoms with Crippen LogP contribution in [0.1, 0.15) is 24.8 Å². The summed E-state index contributed by atoms with van der Waals surface area (Å²) in [5.41, 5.74) is 1.34. The van der Waals surface area contributed by atoms with Gasteiger partial charge in [0.25, 0.3) is 0 Å². The van der Waals surface area contributed by atoms with Gasteiger partial charge < -0.3 is 5.32 Å². The van der Waals surface area contributed by atoms with Crippen molar-refractivity contribution in [1.82, 2.24) is 10.0 Å². The summed E-state index contributed by atoms with van der Waals surface area (Å²) < 4.78 is 24.1. The second-order valence-electron chi connectivity index (χ2n) is 4.52. The average Bonchev–Trinajstić information content (AvgIpc) is 2.33. The van der Waals surface area contributed by atoms with E-state index in [4.69, 9.17) is 0 Å². The van der Waals surface area contributed by atoms with Gasteiger partial charge in [-0.2, -0.15) is 0 Å². The second-order valence-corrected chi connectivity index (χ2v) is 6.35. The van der Waals surface area contributed by atoms with E-state index in [-0.39, 0.29) is 0 Å². The molecule has 1 aromatic carbocycles. The van der Waals surface area contributed by atoms with Crippen LogP contribution < -0.4 is 10.0 Å². The molecule has 1 rings (SSSR count). The lowest BCUT2D eigenvalue weighted by Gasteiger charge is -2.12. The van der Waals surface area contributed by atoms with Crippen LogP contribution in [-0.2, 0) is 10.0 Å². The molecule has 0 aliphatic heterocycles. The SMILES string of the molecule is CC(CCNCCNS(C)(=O)=O)c1ccccc1. The molecule has 18 heavy (non-hydrogen) atoms. The lowest BCUT2D eigenvalue weighted by molar-refractivity contribution is 0.570. The molecular weight excluding hydrogens is 248 g/mol. The van der Waals surface area contributed by atoms with E-state index < -0.39 is 10.0 Å². The zero-order valence-corrected chi connectivity index (χ0v) is 11.8. The topological polar surface area (TPSA) is 58.2 Å². The van der Waals surface area contributed by atoms with Crippen LogP contribution in [0, 0.1) is 0 Å². The predicted octanol–water partition coefficient (Wildman–Crippen LogP) is 1.32.